The molecule has 1 heterocycles. The summed E-state index contributed by atoms with van der Waals surface area (Å²) in [5.74, 6) is 0.498. The minimum Gasteiger partial charge on any atom is -0.339 e. The normalized spacial score (nSPS) is 19.6. The first-order chi connectivity index (χ1) is 10.8. The summed E-state index contributed by atoms with van der Waals surface area (Å²) in [5.41, 5.74) is -0.182. The van der Waals surface area contributed by atoms with Gasteiger partial charge >= 0.3 is 6.18 Å². The van der Waals surface area contributed by atoms with Gasteiger partial charge in [0.05, 0.1) is 11.6 Å². The number of rotatable bonds is 5. The number of carbonyl (C=O) groups excluding carboxylic acids is 1. The lowest BCUT2D eigenvalue weighted by molar-refractivity contribution is -0.137. The predicted molar refractivity (Wildman–Crippen MR) is 82.8 cm³/mol. The summed E-state index contributed by atoms with van der Waals surface area (Å²) in [7, 11) is 1.65. The largest absolute Gasteiger partial charge is 0.416 e. The number of alkyl halides is 3. The number of carbonyl (C=O) groups is 1. The number of halogens is 3. The molecule has 2 unspecified atom stereocenters. The zero-order chi connectivity index (χ0) is 17.0. The molecule has 1 saturated heterocycles. The van der Waals surface area contributed by atoms with E-state index in [9.17, 15) is 18.0 Å². The Balaban J connectivity index is 1.98. The molecule has 2 atom stereocenters. The van der Waals surface area contributed by atoms with Crippen LogP contribution in [0.25, 0.3) is 0 Å². The Morgan fingerprint density at radius 3 is 2.78 bits per heavy atom. The van der Waals surface area contributed by atoms with Gasteiger partial charge in [-0.2, -0.15) is 13.2 Å². The Morgan fingerprint density at radius 2 is 2.17 bits per heavy atom. The van der Waals surface area contributed by atoms with Crippen molar-refractivity contribution in [2.75, 3.05) is 20.1 Å². The number of benzene rings is 1. The van der Waals surface area contributed by atoms with E-state index in [1.165, 1.54) is 11.0 Å². The molecule has 0 aliphatic carbocycles. The van der Waals surface area contributed by atoms with Crippen LogP contribution in [0, 0.1) is 5.92 Å². The number of hydrogen-bond acceptors (Lipinski definition) is 2. The van der Waals surface area contributed by atoms with Crippen LogP contribution in [0.2, 0.25) is 0 Å². The molecule has 0 spiro atoms. The fraction of sp³-hybridized carbons (Fsp3) is 0.588. The van der Waals surface area contributed by atoms with Crippen molar-refractivity contribution in [2.24, 2.45) is 5.92 Å². The molecule has 1 fully saturated rings. The third-order valence-corrected chi connectivity index (χ3v) is 4.60. The fourth-order valence-corrected chi connectivity index (χ4v) is 2.88. The Hall–Kier alpha value is -1.56. The van der Waals surface area contributed by atoms with Crippen LogP contribution in [0.5, 0.6) is 0 Å². The van der Waals surface area contributed by atoms with E-state index in [4.69, 9.17) is 0 Å². The summed E-state index contributed by atoms with van der Waals surface area (Å²) < 4.78 is 38.4. The Bertz CT molecular complexity index is 539. The fourth-order valence-electron chi connectivity index (χ4n) is 2.88. The summed E-state index contributed by atoms with van der Waals surface area (Å²) in [6.45, 7) is 3.69. The second-order valence-corrected chi connectivity index (χ2v) is 6.20. The standard InChI is InChI=1S/C17H23F3N2O/c1-12(14-4-3-5-15(10-14)17(18,19)20)22(2)16(23)7-6-13-8-9-21-11-13/h3-5,10,12-13,21H,6-9,11H2,1-2H3. The van der Waals surface area contributed by atoms with E-state index in [0.717, 1.165) is 38.1 Å². The van der Waals surface area contributed by atoms with Crippen molar-refractivity contribution in [1.29, 1.82) is 0 Å². The molecule has 3 nitrogen and oxygen atoms in total. The lowest BCUT2D eigenvalue weighted by Crippen LogP contribution is -2.30. The van der Waals surface area contributed by atoms with Gasteiger partial charge < -0.3 is 10.2 Å². The van der Waals surface area contributed by atoms with Crippen LogP contribution in [0.4, 0.5) is 13.2 Å². The van der Waals surface area contributed by atoms with Crippen LogP contribution in [-0.2, 0) is 11.0 Å². The van der Waals surface area contributed by atoms with Gasteiger partial charge in [-0.15, -0.1) is 0 Å². The lowest BCUT2D eigenvalue weighted by atomic mass is 10.0. The molecule has 1 amide bonds. The van der Waals surface area contributed by atoms with Gasteiger partial charge in [0.25, 0.3) is 0 Å². The third-order valence-electron chi connectivity index (χ3n) is 4.60. The molecule has 0 aromatic heterocycles. The van der Waals surface area contributed by atoms with Gasteiger partial charge in [-0.3, -0.25) is 4.79 Å². The molecule has 6 heteroatoms. The second kappa shape index (κ2) is 7.34. The highest BCUT2D eigenvalue weighted by molar-refractivity contribution is 5.76. The monoisotopic (exact) mass is 328 g/mol. The maximum Gasteiger partial charge on any atom is 0.416 e. The molecular formula is C17H23F3N2O. The van der Waals surface area contributed by atoms with Crippen molar-refractivity contribution < 1.29 is 18.0 Å². The van der Waals surface area contributed by atoms with Crippen LogP contribution in [0.1, 0.15) is 43.4 Å². The van der Waals surface area contributed by atoms with E-state index in [0.29, 0.717) is 17.9 Å². The molecule has 0 saturated carbocycles. The molecule has 0 bridgehead atoms. The Morgan fingerprint density at radius 1 is 1.43 bits per heavy atom. The molecule has 1 aromatic carbocycles. The summed E-state index contributed by atoms with van der Waals surface area (Å²) in [5, 5.41) is 3.26. The van der Waals surface area contributed by atoms with Crippen molar-refractivity contribution in [3.63, 3.8) is 0 Å². The van der Waals surface area contributed by atoms with Gasteiger partial charge in [-0.05, 0) is 56.5 Å². The Kier molecular flexibility index (Phi) is 5.68. The quantitative estimate of drug-likeness (QED) is 0.895. The van der Waals surface area contributed by atoms with Gasteiger partial charge in [0, 0.05) is 13.5 Å². The van der Waals surface area contributed by atoms with Gasteiger partial charge in [-0.1, -0.05) is 12.1 Å². The summed E-state index contributed by atoms with van der Waals surface area (Å²) >= 11 is 0. The van der Waals surface area contributed by atoms with Crippen molar-refractivity contribution in [3.05, 3.63) is 35.4 Å². The first kappa shape index (κ1) is 17.8. The van der Waals surface area contributed by atoms with Gasteiger partial charge in [0.1, 0.15) is 0 Å². The molecule has 1 aliphatic heterocycles. The number of amides is 1. The third kappa shape index (κ3) is 4.70. The van der Waals surface area contributed by atoms with Crippen LogP contribution in [0.15, 0.2) is 24.3 Å². The molecule has 2 rings (SSSR count). The predicted octanol–water partition coefficient (Wildman–Crippen LogP) is 3.61. The minimum absolute atomic E-state index is 0.0261. The topological polar surface area (TPSA) is 32.3 Å². The van der Waals surface area contributed by atoms with E-state index < -0.39 is 11.7 Å². The summed E-state index contributed by atoms with van der Waals surface area (Å²) in [6, 6.07) is 4.80. The maximum absolute atomic E-state index is 12.8. The van der Waals surface area contributed by atoms with Crippen LogP contribution in [-0.4, -0.2) is 30.9 Å². The van der Waals surface area contributed by atoms with Crippen LogP contribution < -0.4 is 5.32 Å². The molecule has 1 aliphatic rings. The minimum atomic E-state index is -4.37. The highest BCUT2D eigenvalue weighted by Crippen LogP contribution is 2.31. The van der Waals surface area contributed by atoms with Crippen molar-refractivity contribution in [2.45, 2.75) is 38.4 Å². The smallest absolute Gasteiger partial charge is 0.339 e. The second-order valence-electron chi connectivity index (χ2n) is 6.20. The molecule has 1 aromatic rings. The SMILES string of the molecule is CC(c1cccc(C(F)(F)F)c1)N(C)C(=O)CCC1CCNC1. The van der Waals surface area contributed by atoms with Gasteiger partial charge in [0.2, 0.25) is 5.91 Å². The van der Waals surface area contributed by atoms with E-state index in [1.807, 2.05) is 0 Å². The Labute approximate surface area is 134 Å². The maximum atomic E-state index is 12.8. The summed E-state index contributed by atoms with van der Waals surface area (Å²) in [6.07, 6.45) is -2.02. The number of hydrogen-bond donors (Lipinski definition) is 1. The van der Waals surface area contributed by atoms with Crippen molar-refractivity contribution in [1.82, 2.24) is 10.2 Å². The highest BCUT2D eigenvalue weighted by atomic mass is 19.4. The average Bonchev–Trinajstić information content (AvgIpc) is 3.04. The molecule has 128 valence electrons. The van der Waals surface area contributed by atoms with E-state index in [-0.39, 0.29) is 11.9 Å². The van der Waals surface area contributed by atoms with Crippen molar-refractivity contribution in [3.8, 4) is 0 Å². The van der Waals surface area contributed by atoms with E-state index in [1.54, 1.807) is 20.0 Å². The first-order valence-corrected chi connectivity index (χ1v) is 7.92. The zero-order valence-corrected chi connectivity index (χ0v) is 13.5. The van der Waals surface area contributed by atoms with Gasteiger partial charge in [0.15, 0.2) is 0 Å². The highest BCUT2D eigenvalue weighted by Gasteiger charge is 2.31. The zero-order valence-electron chi connectivity index (χ0n) is 13.5. The van der Waals surface area contributed by atoms with Gasteiger partial charge in [-0.25, -0.2) is 0 Å². The van der Waals surface area contributed by atoms with Crippen molar-refractivity contribution >= 4 is 5.91 Å². The van der Waals surface area contributed by atoms with Crippen LogP contribution in [0.3, 0.4) is 0 Å². The van der Waals surface area contributed by atoms with Crippen LogP contribution >= 0.6 is 0 Å². The summed E-state index contributed by atoms with van der Waals surface area (Å²) in [4.78, 5) is 13.8. The molecule has 23 heavy (non-hydrogen) atoms. The van der Waals surface area contributed by atoms with E-state index >= 15 is 0 Å². The van der Waals surface area contributed by atoms with E-state index in [2.05, 4.69) is 5.32 Å². The molecule has 1 N–H and O–H groups in total. The molecule has 0 radical (unpaired) electrons. The average molecular weight is 328 g/mol. The lowest BCUT2D eigenvalue weighted by Gasteiger charge is -2.26. The molecular weight excluding hydrogens is 305 g/mol. The number of nitrogens with one attached hydrogen (secondary N) is 1. The first-order valence-electron chi connectivity index (χ1n) is 7.92. The number of nitrogens with zero attached hydrogens (tertiary/aromatic N) is 1.